The number of unbranched alkanes of at least 4 members (excludes halogenated alkanes) is 1. The van der Waals surface area contributed by atoms with Crippen LogP contribution in [0.5, 0.6) is 5.75 Å². The van der Waals surface area contributed by atoms with Crippen molar-refractivity contribution in [2.24, 2.45) is 0 Å². The summed E-state index contributed by atoms with van der Waals surface area (Å²) in [5.74, 6) is 0.588. The maximum atomic E-state index is 12.6. The predicted octanol–water partition coefficient (Wildman–Crippen LogP) is 4.46. The molecule has 1 heterocycles. The van der Waals surface area contributed by atoms with E-state index in [0.29, 0.717) is 29.2 Å². The molecular weight excluding hydrogens is 448 g/mol. The van der Waals surface area contributed by atoms with Crippen LogP contribution in [0.25, 0.3) is 0 Å². The van der Waals surface area contributed by atoms with Crippen molar-refractivity contribution in [2.75, 3.05) is 25.3 Å². The second kappa shape index (κ2) is 12.4. The summed E-state index contributed by atoms with van der Waals surface area (Å²) >= 11 is 0. The monoisotopic (exact) mass is 486 g/mol. The molecule has 1 aromatic carbocycles. The van der Waals surface area contributed by atoms with Gasteiger partial charge in [0.1, 0.15) is 17.2 Å². The summed E-state index contributed by atoms with van der Waals surface area (Å²) in [6.07, 6.45) is 3.27. The SMILES string of the molecule is CCCCC(CC(=O)OC(C)(C)C)Nc1nc(N)nc(C)c1Cc1cc(C(=O)OC)ccc1OC. The van der Waals surface area contributed by atoms with E-state index in [0.717, 1.165) is 30.4 Å². The lowest BCUT2D eigenvalue weighted by molar-refractivity contribution is -0.155. The number of ether oxygens (including phenoxy) is 3. The zero-order chi connectivity index (χ0) is 26.2. The van der Waals surface area contributed by atoms with Gasteiger partial charge in [0, 0.05) is 23.7 Å². The molecular formula is C26H38N4O5. The van der Waals surface area contributed by atoms with Crippen molar-refractivity contribution in [1.82, 2.24) is 9.97 Å². The minimum Gasteiger partial charge on any atom is -0.496 e. The van der Waals surface area contributed by atoms with Gasteiger partial charge in [-0.25, -0.2) is 9.78 Å². The molecule has 2 rings (SSSR count). The van der Waals surface area contributed by atoms with Crippen LogP contribution in [0.3, 0.4) is 0 Å². The van der Waals surface area contributed by atoms with Crippen LogP contribution in [0.4, 0.5) is 11.8 Å². The number of esters is 2. The Bertz CT molecular complexity index is 1030. The molecule has 0 aliphatic carbocycles. The molecule has 0 fully saturated rings. The van der Waals surface area contributed by atoms with Crippen LogP contribution in [0.1, 0.15) is 80.6 Å². The number of benzene rings is 1. The van der Waals surface area contributed by atoms with Crippen molar-refractivity contribution in [2.45, 2.75) is 78.4 Å². The number of methoxy groups -OCH3 is 2. The van der Waals surface area contributed by atoms with Gasteiger partial charge in [0.05, 0.1) is 26.2 Å². The van der Waals surface area contributed by atoms with Gasteiger partial charge in [-0.05, 0) is 57.9 Å². The van der Waals surface area contributed by atoms with E-state index in [1.807, 2.05) is 27.7 Å². The first-order valence-electron chi connectivity index (χ1n) is 11.8. The van der Waals surface area contributed by atoms with E-state index in [1.54, 1.807) is 25.3 Å². The van der Waals surface area contributed by atoms with E-state index in [-0.39, 0.29) is 24.4 Å². The molecule has 0 saturated heterocycles. The number of anilines is 2. The number of rotatable bonds is 11. The van der Waals surface area contributed by atoms with E-state index in [1.165, 1.54) is 7.11 Å². The molecule has 0 radical (unpaired) electrons. The van der Waals surface area contributed by atoms with Gasteiger partial charge < -0.3 is 25.3 Å². The quantitative estimate of drug-likeness (QED) is 0.443. The molecule has 1 unspecified atom stereocenters. The van der Waals surface area contributed by atoms with Gasteiger partial charge in [0.25, 0.3) is 0 Å². The Morgan fingerprint density at radius 2 is 1.89 bits per heavy atom. The molecule has 9 nitrogen and oxygen atoms in total. The number of aromatic nitrogens is 2. The first-order valence-corrected chi connectivity index (χ1v) is 11.8. The minimum atomic E-state index is -0.561. The molecule has 1 atom stereocenters. The molecule has 0 aliphatic rings. The molecule has 0 aliphatic heterocycles. The van der Waals surface area contributed by atoms with Crippen molar-refractivity contribution in [3.8, 4) is 5.75 Å². The summed E-state index contributed by atoms with van der Waals surface area (Å²) in [4.78, 5) is 33.5. The topological polar surface area (TPSA) is 126 Å². The highest BCUT2D eigenvalue weighted by Gasteiger charge is 2.23. The zero-order valence-electron chi connectivity index (χ0n) is 21.9. The number of nitrogens with one attached hydrogen (secondary N) is 1. The number of aryl methyl sites for hydroxylation is 1. The van der Waals surface area contributed by atoms with E-state index in [4.69, 9.17) is 19.9 Å². The summed E-state index contributed by atoms with van der Waals surface area (Å²) < 4.78 is 15.9. The highest BCUT2D eigenvalue weighted by atomic mass is 16.6. The Kier molecular flexibility index (Phi) is 9.86. The molecule has 9 heteroatoms. The van der Waals surface area contributed by atoms with E-state index in [2.05, 4.69) is 22.2 Å². The van der Waals surface area contributed by atoms with Crippen LogP contribution in [0, 0.1) is 6.92 Å². The maximum Gasteiger partial charge on any atom is 0.337 e. The Morgan fingerprint density at radius 3 is 2.49 bits per heavy atom. The Balaban J connectivity index is 2.42. The van der Waals surface area contributed by atoms with Gasteiger partial charge in [0.15, 0.2) is 0 Å². The summed E-state index contributed by atoms with van der Waals surface area (Å²) in [5.41, 5.74) is 8.09. The Labute approximate surface area is 207 Å². The number of hydrogen-bond acceptors (Lipinski definition) is 9. The lowest BCUT2D eigenvalue weighted by Crippen LogP contribution is -2.30. The van der Waals surface area contributed by atoms with E-state index >= 15 is 0 Å². The number of carbonyl (C=O) groups is 2. The van der Waals surface area contributed by atoms with Crippen LogP contribution in [-0.4, -0.2) is 47.8 Å². The Hall–Kier alpha value is -3.36. The molecule has 3 N–H and O–H groups in total. The smallest absolute Gasteiger partial charge is 0.337 e. The van der Waals surface area contributed by atoms with Crippen molar-refractivity contribution >= 4 is 23.7 Å². The molecule has 0 bridgehead atoms. The fourth-order valence-electron chi connectivity index (χ4n) is 3.75. The van der Waals surface area contributed by atoms with Gasteiger partial charge in [-0.2, -0.15) is 4.98 Å². The van der Waals surface area contributed by atoms with Gasteiger partial charge in [-0.3, -0.25) is 4.79 Å². The Morgan fingerprint density at radius 1 is 1.17 bits per heavy atom. The van der Waals surface area contributed by atoms with Gasteiger partial charge in [0.2, 0.25) is 5.95 Å². The number of nitrogens with zero attached hydrogens (tertiary/aromatic N) is 2. The largest absolute Gasteiger partial charge is 0.496 e. The van der Waals surface area contributed by atoms with Crippen LogP contribution in [-0.2, 0) is 20.7 Å². The van der Waals surface area contributed by atoms with Crippen LogP contribution < -0.4 is 15.8 Å². The minimum absolute atomic E-state index is 0.135. The standard InChI is InChI=1S/C26H38N4O5/c1-8-9-10-19(15-22(31)35-26(3,4)5)29-23-20(16(2)28-25(27)30-23)14-18-13-17(24(32)34-7)11-12-21(18)33-6/h11-13,19H,8-10,14-15H2,1-7H3,(H3,27,28,29,30). The van der Waals surface area contributed by atoms with Crippen LogP contribution >= 0.6 is 0 Å². The lowest BCUT2D eigenvalue weighted by Gasteiger charge is -2.24. The second-order valence-corrected chi connectivity index (χ2v) is 9.46. The van der Waals surface area contributed by atoms with Crippen molar-refractivity contribution in [3.05, 3.63) is 40.6 Å². The highest BCUT2D eigenvalue weighted by Crippen LogP contribution is 2.29. The normalized spacial score (nSPS) is 12.1. The summed E-state index contributed by atoms with van der Waals surface area (Å²) in [5, 5.41) is 3.42. The number of hydrogen-bond donors (Lipinski definition) is 2. The fourth-order valence-corrected chi connectivity index (χ4v) is 3.75. The summed E-state index contributed by atoms with van der Waals surface area (Å²) in [6.45, 7) is 9.50. The first kappa shape index (κ1) is 27.9. The molecule has 0 spiro atoms. The van der Waals surface area contributed by atoms with Crippen LogP contribution in [0.15, 0.2) is 18.2 Å². The zero-order valence-corrected chi connectivity index (χ0v) is 21.9. The van der Waals surface area contributed by atoms with Gasteiger partial charge in [-0.15, -0.1) is 0 Å². The maximum absolute atomic E-state index is 12.6. The van der Waals surface area contributed by atoms with Crippen LogP contribution in [0.2, 0.25) is 0 Å². The van der Waals surface area contributed by atoms with Gasteiger partial charge in [-0.1, -0.05) is 19.8 Å². The van der Waals surface area contributed by atoms with E-state index in [9.17, 15) is 9.59 Å². The molecule has 0 saturated carbocycles. The summed E-state index contributed by atoms with van der Waals surface area (Å²) in [6, 6.07) is 4.93. The average molecular weight is 487 g/mol. The lowest BCUT2D eigenvalue weighted by atomic mass is 10.00. The number of carbonyl (C=O) groups excluding carboxylic acids is 2. The number of nitrogen functional groups attached to an aromatic ring is 1. The summed E-state index contributed by atoms with van der Waals surface area (Å²) in [7, 11) is 2.91. The van der Waals surface area contributed by atoms with Crippen molar-refractivity contribution in [3.63, 3.8) is 0 Å². The first-order chi connectivity index (χ1) is 16.5. The van der Waals surface area contributed by atoms with E-state index < -0.39 is 11.6 Å². The second-order valence-electron chi connectivity index (χ2n) is 9.46. The number of nitrogens with two attached hydrogens (primary N) is 1. The molecule has 192 valence electrons. The fraction of sp³-hybridized carbons (Fsp3) is 0.538. The van der Waals surface area contributed by atoms with Crippen molar-refractivity contribution in [1.29, 1.82) is 0 Å². The molecule has 2 aromatic rings. The molecule has 35 heavy (non-hydrogen) atoms. The third-order valence-corrected chi connectivity index (χ3v) is 5.38. The van der Waals surface area contributed by atoms with Crippen molar-refractivity contribution < 1.29 is 23.8 Å². The third kappa shape index (κ3) is 8.42. The average Bonchev–Trinajstić information content (AvgIpc) is 2.77. The van der Waals surface area contributed by atoms with Gasteiger partial charge >= 0.3 is 11.9 Å². The highest BCUT2D eigenvalue weighted by molar-refractivity contribution is 5.89. The third-order valence-electron chi connectivity index (χ3n) is 5.38. The molecule has 1 aromatic heterocycles. The predicted molar refractivity (Wildman–Crippen MR) is 136 cm³/mol. The molecule has 0 amide bonds.